The third kappa shape index (κ3) is 6.58. The van der Waals surface area contributed by atoms with Crippen LogP contribution in [0.2, 0.25) is 0 Å². The Kier molecular flexibility index (Phi) is 8.40. The van der Waals surface area contributed by atoms with E-state index in [-0.39, 0.29) is 17.9 Å². The molecule has 3 N–H and O–H groups in total. The van der Waals surface area contributed by atoms with Crippen LogP contribution >= 0.6 is 0 Å². The monoisotopic (exact) mass is 629 g/mol. The molecule has 1 saturated carbocycles. The summed E-state index contributed by atoms with van der Waals surface area (Å²) < 4.78 is 0. The molecule has 1 saturated heterocycles. The molecular weight excluding hydrogens is 586 g/mol. The summed E-state index contributed by atoms with van der Waals surface area (Å²) >= 11 is 0. The summed E-state index contributed by atoms with van der Waals surface area (Å²) in [4.78, 5) is 44.1. The van der Waals surface area contributed by atoms with Crippen molar-refractivity contribution >= 4 is 23.1 Å². The fourth-order valence-corrected chi connectivity index (χ4v) is 7.03. The highest BCUT2D eigenvalue weighted by Crippen LogP contribution is 2.45. The molecule has 7 rings (SSSR count). The van der Waals surface area contributed by atoms with Gasteiger partial charge in [0, 0.05) is 12.1 Å². The highest BCUT2D eigenvalue weighted by atomic mass is 16.2. The molecule has 2 aromatic heterocycles. The van der Waals surface area contributed by atoms with E-state index in [0.29, 0.717) is 31.5 Å². The predicted octanol–water partition coefficient (Wildman–Crippen LogP) is 6.56. The number of H-pyrrole nitrogens is 2. The maximum atomic E-state index is 12.8. The summed E-state index contributed by atoms with van der Waals surface area (Å²) in [5.74, 6) is 2.34. The van der Waals surface area contributed by atoms with Crippen molar-refractivity contribution in [3.05, 3.63) is 84.7 Å². The van der Waals surface area contributed by atoms with E-state index in [1.807, 2.05) is 12.4 Å². The molecule has 3 aromatic carbocycles. The number of rotatable bonds is 12. The molecule has 9 nitrogen and oxygen atoms in total. The average molecular weight is 630 g/mol. The number of hydrogen-bond acceptors (Lipinski definition) is 5. The van der Waals surface area contributed by atoms with E-state index in [0.717, 1.165) is 64.3 Å². The molecule has 2 atom stereocenters. The SMILES string of the molecule is CC[C@@H]1CCN(C)C1c1ncc(-c2ccc(-c3ccc4cc(-c5cnc(CN(CC6(C)CC6)C(=O)CNC=O)[nH]5)ccc4c3)cc2)[nH]1. The lowest BCUT2D eigenvalue weighted by atomic mass is 9.97. The standard InChI is InChI=1S/C38H43N7O2/c1-4-25-13-16-44(3)36(25)37-41-20-32(43-37)27-7-5-26(6-8-27)28-9-10-30-18-31(12-11-29(30)17-28)33-19-40-34(42-33)22-45(23-38(2)14-15-38)35(47)21-39-24-46/h5-12,17-20,24-25,36H,4,13-16,21-23H2,1-3H3,(H,39,46)(H,40,42)(H,41,43)/t25-,36?/m1/s1. The number of nitrogens with zero attached hydrogens (tertiary/aromatic N) is 4. The molecular formula is C38H43N7O2. The molecule has 1 aliphatic carbocycles. The van der Waals surface area contributed by atoms with Crippen molar-refractivity contribution in [2.75, 3.05) is 26.7 Å². The number of hydrogen-bond donors (Lipinski definition) is 3. The molecule has 47 heavy (non-hydrogen) atoms. The summed E-state index contributed by atoms with van der Waals surface area (Å²) in [6.07, 6.45) is 8.97. The van der Waals surface area contributed by atoms with Crippen molar-refractivity contribution < 1.29 is 9.59 Å². The van der Waals surface area contributed by atoms with Crippen LogP contribution in [-0.2, 0) is 16.1 Å². The summed E-state index contributed by atoms with van der Waals surface area (Å²) in [7, 11) is 2.20. The zero-order chi connectivity index (χ0) is 32.5. The van der Waals surface area contributed by atoms with E-state index in [4.69, 9.17) is 4.98 Å². The van der Waals surface area contributed by atoms with Crippen LogP contribution in [0, 0.1) is 11.3 Å². The van der Waals surface area contributed by atoms with Gasteiger partial charge >= 0.3 is 0 Å². The molecule has 2 aliphatic rings. The van der Waals surface area contributed by atoms with Crippen molar-refractivity contribution in [1.29, 1.82) is 0 Å². The Morgan fingerprint density at radius 1 is 0.957 bits per heavy atom. The summed E-state index contributed by atoms with van der Waals surface area (Å²) in [6.45, 7) is 6.61. The van der Waals surface area contributed by atoms with Crippen LogP contribution in [0.15, 0.2) is 73.1 Å². The molecule has 9 heteroatoms. The second kappa shape index (κ2) is 12.8. The van der Waals surface area contributed by atoms with Gasteiger partial charge in [-0.3, -0.25) is 14.5 Å². The number of carbonyl (C=O) groups excluding carboxylic acids is 2. The van der Waals surface area contributed by atoms with E-state index in [9.17, 15) is 9.59 Å². The Balaban J connectivity index is 1.04. The summed E-state index contributed by atoms with van der Waals surface area (Å²) in [5.41, 5.74) is 6.63. The lowest BCUT2D eigenvalue weighted by Gasteiger charge is -2.25. The quantitative estimate of drug-likeness (QED) is 0.135. The fourth-order valence-electron chi connectivity index (χ4n) is 7.03. The molecule has 0 radical (unpaired) electrons. The number of likely N-dealkylation sites (tertiary alicyclic amines) is 1. The molecule has 3 heterocycles. The van der Waals surface area contributed by atoms with Crippen LogP contribution in [0.1, 0.15) is 57.2 Å². The van der Waals surface area contributed by atoms with Crippen molar-refractivity contribution in [3.63, 3.8) is 0 Å². The van der Waals surface area contributed by atoms with Crippen molar-refractivity contribution in [2.45, 2.75) is 52.1 Å². The predicted molar refractivity (Wildman–Crippen MR) is 185 cm³/mol. The van der Waals surface area contributed by atoms with Gasteiger partial charge in [0.15, 0.2) is 0 Å². The average Bonchev–Trinajstić information content (AvgIpc) is 3.46. The minimum absolute atomic E-state index is 0.00704. The zero-order valence-electron chi connectivity index (χ0n) is 27.4. The topological polar surface area (TPSA) is 110 Å². The highest BCUT2D eigenvalue weighted by molar-refractivity contribution is 5.90. The first-order valence-electron chi connectivity index (χ1n) is 16.7. The minimum atomic E-state index is -0.104. The van der Waals surface area contributed by atoms with Gasteiger partial charge in [-0.1, -0.05) is 68.8 Å². The number of amides is 2. The van der Waals surface area contributed by atoms with E-state index in [1.54, 1.807) is 4.90 Å². The number of aromatic nitrogens is 4. The molecule has 1 unspecified atom stereocenters. The van der Waals surface area contributed by atoms with Gasteiger partial charge in [-0.2, -0.15) is 0 Å². The van der Waals surface area contributed by atoms with Gasteiger partial charge in [-0.05, 0) is 83.8 Å². The maximum absolute atomic E-state index is 12.8. The number of aromatic amines is 2. The second-order valence-electron chi connectivity index (χ2n) is 13.7. The lowest BCUT2D eigenvalue weighted by Crippen LogP contribution is -2.40. The second-order valence-corrected chi connectivity index (χ2v) is 13.7. The van der Waals surface area contributed by atoms with Crippen LogP contribution in [0.3, 0.4) is 0 Å². The van der Waals surface area contributed by atoms with E-state index in [2.05, 4.69) is 107 Å². The van der Waals surface area contributed by atoms with Crippen LogP contribution < -0.4 is 5.32 Å². The number of fused-ring (bicyclic) bond motifs is 1. The molecule has 5 aromatic rings. The van der Waals surface area contributed by atoms with Crippen LogP contribution in [-0.4, -0.2) is 68.7 Å². The van der Waals surface area contributed by atoms with Gasteiger partial charge in [0.25, 0.3) is 0 Å². The Labute approximate surface area is 275 Å². The summed E-state index contributed by atoms with van der Waals surface area (Å²) in [6, 6.07) is 22.1. The number of benzene rings is 3. The van der Waals surface area contributed by atoms with Gasteiger partial charge < -0.3 is 20.2 Å². The largest absolute Gasteiger partial charge is 0.350 e. The number of nitrogens with one attached hydrogen (secondary N) is 3. The Morgan fingerprint density at radius 2 is 1.62 bits per heavy atom. The van der Waals surface area contributed by atoms with Crippen LogP contribution in [0.25, 0.3) is 44.4 Å². The molecule has 2 amide bonds. The van der Waals surface area contributed by atoms with Gasteiger partial charge in [0.1, 0.15) is 11.6 Å². The van der Waals surface area contributed by atoms with Gasteiger partial charge in [-0.15, -0.1) is 0 Å². The Morgan fingerprint density at radius 3 is 2.34 bits per heavy atom. The molecule has 0 spiro atoms. The molecule has 0 bridgehead atoms. The third-order valence-electron chi connectivity index (χ3n) is 10.2. The third-order valence-corrected chi connectivity index (χ3v) is 10.2. The van der Waals surface area contributed by atoms with E-state index < -0.39 is 0 Å². The smallest absolute Gasteiger partial charge is 0.242 e. The van der Waals surface area contributed by atoms with Crippen LogP contribution in [0.5, 0.6) is 0 Å². The first-order valence-corrected chi connectivity index (χ1v) is 16.7. The zero-order valence-corrected chi connectivity index (χ0v) is 27.4. The first-order chi connectivity index (χ1) is 22.8. The number of carbonyl (C=O) groups is 2. The van der Waals surface area contributed by atoms with Gasteiger partial charge in [-0.25, -0.2) is 9.97 Å². The first kappa shape index (κ1) is 30.9. The van der Waals surface area contributed by atoms with E-state index >= 15 is 0 Å². The molecule has 1 aliphatic heterocycles. The molecule has 242 valence electrons. The Bertz CT molecular complexity index is 1890. The lowest BCUT2D eigenvalue weighted by molar-refractivity contribution is -0.132. The normalized spacial score (nSPS) is 18.8. The number of imidazole rings is 2. The van der Waals surface area contributed by atoms with Crippen LogP contribution in [0.4, 0.5) is 0 Å². The van der Waals surface area contributed by atoms with Gasteiger partial charge in [0.2, 0.25) is 12.3 Å². The maximum Gasteiger partial charge on any atom is 0.242 e. The van der Waals surface area contributed by atoms with Crippen molar-refractivity contribution in [1.82, 2.24) is 35.1 Å². The van der Waals surface area contributed by atoms with E-state index in [1.165, 1.54) is 24.0 Å². The minimum Gasteiger partial charge on any atom is -0.350 e. The van der Waals surface area contributed by atoms with Crippen molar-refractivity contribution in [3.8, 4) is 33.6 Å². The Hall–Kier alpha value is -4.76. The molecule has 2 fully saturated rings. The fraction of sp³-hybridized carbons (Fsp3) is 0.368. The highest BCUT2D eigenvalue weighted by Gasteiger charge is 2.40. The van der Waals surface area contributed by atoms with Crippen molar-refractivity contribution in [2.24, 2.45) is 11.3 Å². The van der Waals surface area contributed by atoms with Gasteiger partial charge in [0.05, 0.1) is 42.9 Å². The summed E-state index contributed by atoms with van der Waals surface area (Å²) in [5, 5.41) is 4.80.